The highest BCUT2D eigenvalue weighted by molar-refractivity contribution is 4.73. The molecular weight excluding hydrogens is 376 g/mol. The van der Waals surface area contributed by atoms with Gasteiger partial charge in [-0.2, -0.15) is 0 Å². The Hall–Kier alpha value is -0.520. The topological polar surface area (TPSA) is 263 Å². The second-order valence-corrected chi connectivity index (χ2v) is 4.83. The van der Waals surface area contributed by atoms with E-state index >= 15 is 0 Å². The Balaban J connectivity index is -0.000000140. The minimum atomic E-state index is -1.49. The molecule has 5 atom stereocenters. The molecule has 13 heteroatoms. The molecule has 0 rings (SSSR count). The smallest absolute Gasteiger partial charge is 0.110 e. The van der Waals surface area contributed by atoms with Crippen molar-refractivity contribution in [3.8, 4) is 0 Å². The van der Waals surface area contributed by atoms with Gasteiger partial charge < -0.3 is 66.4 Å². The van der Waals surface area contributed by atoms with E-state index in [-0.39, 0.29) is 19.8 Å². The highest BCUT2D eigenvalue weighted by atomic mass is 16.4. The summed E-state index contributed by atoms with van der Waals surface area (Å²) in [5.41, 5.74) is 0. The van der Waals surface area contributed by atoms with Gasteiger partial charge in [0, 0.05) is 6.61 Å². The van der Waals surface area contributed by atoms with Crippen LogP contribution in [-0.4, -0.2) is 149 Å². The van der Waals surface area contributed by atoms with Gasteiger partial charge >= 0.3 is 0 Å². The maximum absolute atomic E-state index is 8.77. The summed E-state index contributed by atoms with van der Waals surface area (Å²) in [6, 6.07) is 0. The number of hydrogen-bond donors (Lipinski definition) is 13. The van der Waals surface area contributed by atoms with Crippen molar-refractivity contribution in [2.24, 2.45) is 0 Å². The molecule has 0 heterocycles. The van der Waals surface area contributed by atoms with Gasteiger partial charge in [-0.3, -0.25) is 0 Å². The van der Waals surface area contributed by atoms with Gasteiger partial charge in [-0.05, 0) is 6.92 Å². The van der Waals surface area contributed by atoms with E-state index in [2.05, 4.69) is 0 Å². The van der Waals surface area contributed by atoms with Crippen LogP contribution in [0, 0.1) is 0 Å². The lowest BCUT2D eigenvalue weighted by atomic mass is 10.1. The molecule has 0 aliphatic carbocycles. The van der Waals surface area contributed by atoms with E-state index in [1.807, 2.05) is 0 Å². The normalized spacial score (nSPS) is 15.7. The molecule has 0 unspecified atom stereocenters. The fourth-order valence-electron chi connectivity index (χ4n) is 0.774. The number of rotatable bonds is 9. The third-order valence-electron chi connectivity index (χ3n) is 2.40. The summed E-state index contributed by atoms with van der Waals surface area (Å²) in [5.74, 6) is 0. The molecule has 0 amide bonds. The lowest BCUT2D eigenvalue weighted by molar-refractivity contribution is -0.0900. The molecule has 0 saturated carbocycles. The van der Waals surface area contributed by atoms with Crippen LogP contribution >= 0.6 is 0 Å². The summed E-state index contributed by atoms with van der Waals surface area (Å²) >= 11 is 0. The van der Waals surface area contributed by atoms with Crippen molar-refractivity contribution in [3.63, 3.8) is 0 Å². The second kappa shape index (κ2) is 25.5. The van der Waals surface area contributed by atoms with Gasteiger partial charge in [0.1, 0.15) is 36.6 Å². The van der Waals surface area contributed by atoms with Crippen LogP contribution in [0.1, 0.15) is 6.92 Å². The highest BCUT2D eigenvalue weighted by Gasteiger charge is 2.22. The van der Waals surface area contributed by atoms with Crippen LogP contribution in [0.2, 0.25) is 0 Å². The molecule has 0 aromatic heterocycles. The molecule has 0 aliphatic heterocycles. The first-order chi connectivity index (χ1) is 12.6. The van der Waals surface area contributed by atoms with E-state index in [1.165, 1.54) is 0 Å². The van der Waals surface area contributed by atoms with Crippen molar-refractivity contribution in [2.75, 3.05) is 46.2 Å². The third kappa shape index (κ3) is 25.5. The Morgan fingerprint density at radius 2 is 0.667 bits per heavy atom. The van der Waals surface area contributed by atoms with Crippen LogP contribution in [0.25, 0.3) is 0 Å². The Morgan fingerprint density at radius 3 is 0.778 bits per heavy atom. The molecule has 0 aliphatic rings. The predicted molar refractivity (Wildman–Crippen MR) is 91.3 cm³/mol. The lowest BCUT2D eigenvalue weighted by Crippen LogP contribution is -2.41. The standard InChI is InChI=1S/C5H12O5.C4H10O4.C3H8O3.C2H6O/c6-1-3(8)5(10)4(9)2-7;5-1-3(7)4(8)2-6;4-1-3(6)2-5;1-2-3/h3-10H,1-2H2;3-8H,1-2H2;3-6H,1-2H2;3H,2H2,1H3/t3-,4+,5-;3-,4+;;. The van der Waals surface area contributed by atoms with E-state index < -0.39 is 63.1 Å². The summed E-state index contributed by atoms with van der Waals surface area (Å²) in [4.78, 5) is 0. The van der Waals surface area contributed by atoms with Gasteiger partial charge in [-0.25, -0.2) is 0 Å². The molecule has 13 N–H and O–H groups in total. The van der Waals surface area contributed by atoms with Gasteiger partial charge in [-0.1, -0.05) is 0 Å². The van der Waals surface area contributed by atoms with E-state index in [0.717, 1.165) is 0 Å². The van der Waals surface area contributed by atoms with Crippen molar-refractivity contribution in [1.82, 2.24) is 0 Å². The quantitative estimate of drug-likeness (QED) is 0.168. The maximum atomic E-state index is 8.77. The summed E-state index contributed by atoms with van der Waals surface area (Å²) < 4.78 is 0. The molecule has 27 heavy (non-hydrogen) atoms. The van der Waals surface area contributed by atoms with Gasteiger partial charge in [0.25, 0.3) is 0 Å². The number of hydrogen-bond acceptors (Lipinski definition) is 13. The first-order valence-electron chi connectivity index (χ1n) is 7.92. The van der Waals surface area contributed by atoms with Crippen molar-refractivity contribution in [1.29, 1.82) is 0 Å². The molecular formula is C14H36O13. The van der Waals surface area contributed by atoms with Crippen LogP contribution in [0.15, 0.2) is 0 Å². The van der Waals surface area contributed by atoms with E-state index in [0.29, 0.717) is 0 Å². The lowest BCUT2D eigenvalue weighted by Gasteiger charge is -2.19. The zero-order chi connectivity index (χ0) is 22.4. The number of aliphatic hydroxyl groups is 13. The van der Waals surface area contributed by atoms with Crippen LogP contribution < -0.4 is 0 Å². The Kier molecular flexibility index (Phi) is 32.1. The van der Waals surface area contributed by atoms with Crippen molar-refractivity contribution >= 4 is 0 Å². The minimum absolute atomic E-state index is 0.250. The summed E-state index contributed by atoms with van der Waals surface area (Å²) in [6.07, 6.45) is -7.69. The Bertz CT molecular complexity index is 237. The van der Waals surface area contributed by atoms with Crippen LogP contribution in [0.3, 0.4) is 0 Å². The second-order valence-electron chi connectivity index (χ2n) is 4.83. The summed E-state index contributed by atoms with van der Waals surface area (Å²) in [6.45, 7) is -1.13. The average molecular weight is 412 g/mol. The average Bonchev–Trinajstić information content (AvgIpc) is 2.71. The van der Waals surface area contributed by atoms with Crippen molar-refractivity contribution in [3.05, 3.63) is 0 Å². The molecule has 0 radical (unpaired) electrons. The molecule has 0 aromatic carbocycles. The van der Waals surface area contributed by atoms with Crippen LogP contribution in [0.4, 0.5) is 0 Å². The molecule has 170 valence electrons. The molecule has 0 bridgehead atoms. The highest BCUT2D eigenvalue weighted by Crippen LogP contribution is 1.98. The first kappa shape index (κ1) is 34.0. The third-order valence-corrected chi connectivity index (χ3v) is 2.40. The largest absolute Gasteiger partial charge is 0.397 e. The van der Waals surface area contributed by atoms with Crippen molar-refractivity contribution in [2.45, 2.75) is 43.5 Å². The molecule has 0 fully saturated rings. The van der Waals surface area contributed by atoms with E-state index in [9.17, 15) is 0 Å². The minimum Gasteiger partial charge on any atom is -0.397 e. The summed E-state index contributed by atoms with van der Waals surface area (Å²) in [5, 5.41) is 107. The summed E-state index contributed by atoms with van der Waals surface area (Å²) in [7, 11) is 0. The van der Waals surface area contributed by atoms with Gasteiger partial charge in [0.2, 0.25) is 0 Å². The van der Waals surface area contributed by atoms with Gasteiger partial charge in [0.05, 0.1) is 39.6 Å². The molecule has 0 saturated heterocycles. The molecule has 13 nitrogen and oxygen atoms in total. The molecule has 0 aromatic rings. The molecule has 0 spiro atoms. The predicted octanol–water partition coefficient (Wildman–Crippen LogP) is -6.92. The van der Waals surface area contributed by atoms with Crippen molar-refractivity contribution < 1.29 is 66.4 Å². The zero-order valence-corrected chi connectivity index (χ0v) is 15.2. The monoisotopic (exact) mass is 412 g/mol. The Labute approximate surface area is 157 Å². The fraction of sp³-hybridized carbons (Fsp3) is 1.00. The first-order valence-corrected chi connectivity index (χ1v) is 7.92. The van der Waals surface area contributed by atoms with Gasteiger partial charge in [0.15, 0.2) is 0 Å². The van der Waals surface area contributed by atoms with Crippen LogP contribution in [-0.2, 0) is 0 Å². The van der Waals surface area contributed by atoms with Gasteiger partial charge in [-0.15, -0.1) is 0 Å². The Morgan fingerprint density at radius 1 is 0.444 bits per heavy atom. The SMILES string of the molecule is CCO.OCC(O)CO.OC[C@@H](O)[C@@H](O)CO.OC[C@@H](O)[C@@H](O)[C@@H](O)CO. The van der Waals surface area contributed by atoms with E-state index in [1.54, 1.807) is 6.92 Å². The zero-order valence-electron chi connectivity index (χ0n) is 15.2. The fourth-order valence-corrected chi connectivity index (χ4v) is 0.774. The number of aliphatic hydroxyl groups excluding tert-OH is 13. The van der Waals surface area contributed by atoms with E-state index in [4.69, 9.17) is 66.4 Å². The maximum Gasteiger partial charge on any atom is 0.110 e. The van der Waals surface area contributed by atoms with Crippen LogP contribution in [0.5, 0.6) is 0 Å².